The molecule has 198 valence electrons. The van der Waals surface area contributed by atoms with Crippen molar-refractivity contribution in [3.63, 3.8) is 0 Å². The van der Waals surface area contributed by atoms with Crippen LogP contribution in [0.25, 0.3) is 0 Å². The first kappa shape index (κ1) is 30.6. The van der Waals surface area contributed by atoms with E-state index in [1.54, 1.807) is 39.8 Å². The first-order valence-corrected chi connectivity index (χ1v) is 13.1. The first-order chi connectivity index (χ1) is 16.4. The van der Waals surface area contributed by atoms with Gasteiger partial charge >= 0.3 is 6.09 Å². The molecule has 0 spiro atoms. The molecule has 0 aromatic heterocycles. The lowest BCUT2D eigenvalue weighted by molar-refractivity contribution is -0.142. The number of aryl methyl sites for hydroxylation is 1. The van der Waals surface area contributed by atoms with Crippen molar-refractivity contribution in [2.45, 2.75) is 91.3 Å². The molecule has 1 aromatic rings. The van der Waals surface area contributed by atoms with E-state index in [0.717, 1.165) is 25.7 Å². The highest BCUT2D eigenvalue weighted by molar-refractivity contribution is 7.80. The maximum Gasteiger partial charge on any atom is 0.408 e. The Morgan fingerprint density at radius 1 is 1.11 bits per heavy atom. The Labute approximate surface area is 215 Å². The zero-order valence-electron chi connectivity index (χ0n) is 22.0. The summed E-state index contributed by atoms with van der Waals surface area (Å²) in [5, 5.41) is 15.6. The smallest absolute Gasteiger partial charge is 0.408 e. The van der Waals surface area contributed by atoms with Crippen molar-refractivity contribution in [2.75, 3.05) is 18.8 Å². The molecule has 35 heavy (non-hydrogen) atoms. The number of benzene rings is 1. The van der Waals surface area contributed by atoms with Crippen LogP contribution in [0.15, 0.2) is 18.2 Å². The lowest BCUT2D eigenvalue weighted by atomic mass is 10.00. The summed E-state index contributed by atoms with van der Waals surface area (Å²) < 4.78 is 5.32. The second-order valence-electron chi connectivity index (χ2n) is 9.71. The molecule has 2 unspecified atom stereocenters. The number of thiol groups is 1. The molecule has 0 fully saturated rings. The first-order valence-electron chi connectivity index (χ1n) is 12.4. The van der Waals surface area contributed by atoms with Crippen molar-refractivity contribution in [1.29, 1.82) is 0 Å². The molecule has 0 heterocycles. The van der Waals surface area contributed by atoms with Crippen LogP contribution in [0.1, 0.15) is 83.9 Å². The van der Waals surface area contributed by atoms with Crippen LogP contribution in [0.5, 0.6) is 5.75 Å². The van der Waals surface area contributed by atoms with Crippen molar-refractivity contribution in [3.8, 4) is 5.75 Å². The monoisotopic (exact) mass is 509 g/mol. The van der Waals surface area contributed by atoms with Crippen LogP contribution in [-0.2, 0) is 14.3 Å². The van der Waals surface area contributed by atoms with Gasteiger partial charge in [0.25, 0.3) is 0 Å². The lowest BCUT2D eigenvalue weighted by Gasteiger charge is -2.34. The van der Waals surface area contributed by atoms with Crippen LogP contribution in [-0.4, -0.2) is 58.4 Å². The number of carbonyl (C=O) groups is 3. The van der Waals surface area contributed by atoms with Gasteiger partial charge in [-0.15, -0.1) is 0 Å². The number of aromatic hydroxyl groups is 1. The van der Waals surface area contributed by atoms with Gasteiger partial charge in [0.1, 0.15) is 23.4 Å². The number of ether oxygens (including phenoxy) is 1. The molecule has 9 heteroatoms. The van der Waals surface area contributed by atoms with E-state index in [-0.39, 0.29) is 17.4 Å². The van der Waals surface area contributed by atoms with Gasteiger partial charge in [-0.1, -0.05) is 39.2 Å². The van der Waals surface area contributed by atoms with E-state index in [1.165, 1.54) is 11.0 Å². The van der Waals surface area contributed by atoms with Crippen molar-refractivity contribution in [3.05, 3.63) is 29.3 Å². The van der Waals surface area contributed by atoms with Gasteiger partial charge in [-0.05, 0) is 63.8 Å². The Hall–Kier alpha value is -2.42. The lowest BCUT2D eigenvalue weighted by Crippen LogP contribution is -2.54. The van der Waals surface area contributed by atoms with Crippen LogP contribution in [0.2, 0.25) is 0 Å². The summed E-state index contributed by atoms with van der Waals surface area (Å²) in [5.41, 5.74) is 0.474. The van der Waals surface area contributed by atoms with E-state index >= 15 is 0 Å². The Morgan fingerprint density at radius 3 is 2.31 bits per heavy atom. The summed E-state index contributed by atoms with van der Waals surface area (Å²) in [6.07, 6.45) is 3.54. The van der Waals surface area contributed by atoms with Crippen LogP contribution >= 0.6 is 12.6 Å². The van der Waals surface area contributed by atoms with Crippen LogP contribution < -0.4 is 10.6 Å². The molecule has 0 saturated carbocycles. The van der Waals surface area contributed by atoms with E-state index in [9.17, 15) is 19.5 Å². The van der Waals surface area contributed by atoms with Crippen LogP contribution in [0, 0.1) is 6.92 Å². The highest BCUT2D eigenvalue weighted by atomic mass is 32.1. The van der Waals surface area contributed by atoms with Crippen molar-refractivity contribution in [2.24, 2.45) is 0 Å². The quantitative estimate of drug-likeness (QED) is 0.231. The van der Waals surface area contributed by atoms with Crippen LogP contribution in [0.4, 0.5) is 4.79 Å². The van der Waals surface area contributed by atoms with Crippen molar-refractivity contribution >= 4 is 30.5 Å². The zero-order valence-corrected chi connectivity index (χ0v) is 22.9. The molecule has 0 bridgehead atoms. The zero-order chi connectivity index (χ0) is 26.6. The predicted molar refractivity (Wildman–Crippen MR) is 142 cm³/mol. The number of hydrogen-bond acceptors (Lipinski definition) is 6. The third-order valence-corrected chi connectivity index (χ3v) is 5.75. The van der Waals surface area contributed by atoms with Crippen molar-refractivity contribution in [1.82, 2.24) is 15.5 Å². The molecule has 3 N–H and O–H groups in total. The van der Waals surface area contributed by atoms with Gasteiger partial charge in [-0.3, -0.25) is 9.59 Å². The molecule has 0 aliphatic carbocycles. The number of unbranched alkanes of at least 4 members (excludes halogenated alkanes) is 3. The fourth-order valence-electron chi connectivity index (χ4n) is 3.54. The van der Waals surface area contributed by atoms with E-state index in [0.29, 0.717) is 30.6 Å². The summed E-state index contributed by atoms with van der Waals surface area (Å²) in [6, 6.07) is 3.01. The summed E-state index contributed by atoms with van der Waals surface area (Å²) >= 11 is 4.30. The molecule has 2 atom stereocenters. The fraction of sp³-hybridized carbons (Fsp3) is 0.654. The van der Waals surface area contributed by atoms with E-state index in [1.807, 2.05) is 6.92 Å². The van der Waals surface area contributed by atoms with Crippen molar-refractivity contribution < 1.29 is 24.2 Å². The number of carbonyl (C=O) groups excluding carboxylic acids is 3. The minimum atomic E-state index is -0.973. The summed E-state index contributed by atoms with van der Waals surface area (Å²) in [6.45, 7) is 11.9. The Morgan fingerprint density at radius 2 is 1.77 bits per heavy atom. The SMILES string of the molecule is CCCCCN(C(=O)C(CS)NC(=O)OC(C)(C)C)C(C(=O)NCCCC)c1ccc(O)c(C)c1. The number of rotatable bonds is 13. The minimum absolute atomic E-state index is 0.0428. The maximum absolute atomic E-state index is 13.7. The van der Waals surface area contributed by atoms with Gasteiger partial charge in [0.2, 0.25) is 11.8 Å². The number of alkyl carbamates (subject to hydrolysis) is 1. The summed E-state index contributed by atoms with van der Waals surface area (Å²) in [7, 11) is 0. The molecular formula is C26H43N3O5S. The molecule has 0 aliphatic rings. The standard InChI is InChI=1S/C26H43N3O5S/c1-7-9-11-15-29(24(32)20(17-35)28-25(33)34-26(4,5)6)22(23(31)27-14-10-8-2)19-12-13-21(30)18(3)16-19/h12-13,16,20,22,30,35H,7-11,14-15,17H2,1-6H3,(H,27,31)(H,28,33). The van der Waals surface area contributed by atoms with E-state index in [4.69, 9.17) is 4.74 Å². The largest absolute Gasteiger partial charge is 0.508 e. The Kier molecular flexibility index (Phi) is 13.0. The second-order valence-corrected chi connectivity index (χ2v) is 10.1. The van der Waals surface area contributed by atoms with E-state index in [2.05, 4.69) is 30.2 Å². The second kappa shape index (κ2) is 14.9. The van der Waals surface area contributed by atoms with Crippen LogP contribution in [0.3, 0.4) is 0 Å². The van der Waals surface area contributed by atoms with Gasteiger partial charge in [0.05, 0.1) is 0 Å². The number of nitrogens with one attached hydrogen (secondary N) is 2. The fourth-order valence-corrected chi connectivity index (χ4v) is 3.79. The summed E-state index contributed by atoms with van der Waals surface area (Å²) in [4.78, 5) is 41.1. The van der Waals surface area contributed by atoms with Gasteiger partial charge < -0.3 is 25.4 Å². The third-order valence-electron chi connectivity index (χ3n) is 5.38. The molecule has 8 nitrogen and oxygen atoms in total. The highest BCUT2D eigenvalue weighted by Gasteiger charge is 2.35. The van der Waals surface area contributed by atoms with Gasteiger partial charge in [0, 0.05) is 18.8 Å². The third kappa shape index (κ3) is 10.4. The average molecular weight is 510 g/mol. The Bertz CT molecular complexity index is 841. The van der Waals surface area contributed by atoms with Gasteiger partial charge in [-0.2, -0.15) is 12.6 Å². The molecule has 1 aromatic carbocycles. The van der Waals surface area contributed by atoms with E-state index < -0.39 is 29.7 Å². The maximum atomic E-state index is 13.7. The molecule has 0 radical (unpaired) electrons. The Balaban J connectivity index is 3.38. The molecule has 3 amide bonds. The summed E-state index contributed by atoms with van der Waals surface area (Å²) in [5.74, 6) is -0.560. The molecule has 0 aliphatic heterocycles. The van der Waals surface area contributed by atoms with Gasteiger partial charge in [-0.25, -0.2) is 4.79 Å². The topological polar surface area (TPSA) is 108 Å². The normalized spacial score (nSPS) is 13.0. The minimum Gasteiger partial charge on any atom is -0.508 e. The van der Waals surface area contributed by atoms with Gasteiger partial charge in [0.15, 0.2) is 0 Å². The number of amides is 3. The molecule has 1 rings (SSSR count). The molecule has 0 saturated heterocycles. The number of hydrogen-bond donors (Lipinski definition) is 4. The number of phenols is 1. The average Bonchev–Trinajstić information content (AvgIpc) is 2.77. The molecular weight excluding hydrogens is 466 g/mol. The number of phenolic OH excluding ortho intramolecular Hbond substituents is 1. The highest BCUT2D eigenvalue weighted by Crippen LogP contribution is 2.27. The predicted octanol–water partition coefficient (Wildman–Crippen LogP) is 4.50. The number of nitrogens with zero attached hydrogens (tertiary/aromatic N) is 1.